The molecule has 0 saturated heterocycles. The normalized spacial score (nSPS) is 11.3. The second kappa shape index (κ2) is 13.6. The fraction of sp³-hybridized carbons (Fsp3) is 0.611. The molecule has 0 aliphatic heterocycles. The molecule has 0 amide bonds. The Kier molecular flexibility index (Phi) is 13.1. The quantitative estimate of drug-likeness (QED) is 0.281. The van der Waals surface area contributed by atoms with Gasteiger partial charge in [-0.1, -0.05) is 43.7 Å². The molecule has 1 aromatic carbocycles. The van der Waals surface area contributed by atoms with Gasteiger partial charge in [-0.05, 0) is 32.0 Å². The maximum atomic E-state index is 4.34. The van der Waals surface area contributed by atoms with Gasteiger partial charge in [-0.3, -0.25) is 4.99 Å². The molecule has 4 nitrogen and oxygen atoms in total. The van der Waals surface area contributed by atoms with Crippen LogP contribution in [0.15, 0.2) is 35.3 Å². The van der Waals surface area contributed by atoms with Crippen molar-refractivity contribution in [3.63, 3.8) is 0 Å². The van der Waals surface area contributed by atoms with Crippen LogP contribution in [0.3, 0.4) is 0 Å². The number of unbranched alkanes of at least 4 members (excludes halogenated alkanes) is 1. The van der Waals surface area contributed by atoms with E-state index in [4.69, 9.17) is 0 Å². The van der Waals surface area contributed by atoms with E-state index >= 15 is 0 Å². The second-order valence-corrected chi connectivity index (χ2v) is 5.83. The molecule has 1 N–H and O–H groups in total. The third kappa shape index (κ3) is 9.81. The predicted molar refractivity (Wildman–Crippen MR) is 112 cm³/mol. The van der Waals surface area contributed by atoms with Crippen LogP contribution in [-0.2, 0) is 6.54 Å². The molecule has 23 heavy (non-hydrogen) atoms. The predicted octanol–water partition coefficient (Wildman–Crippen LogP) is 3.43. The molecular weight excluding hydrogens is 399 g/mol. The number of nitrogens with one attached hydrogen (secondary N) is 1. The van der Waals surface area contributed by atoms with Crippen LogP contribution >= 0.6 is 24.0 Å². The smallest absolute Gasteiger partial charge is 0.193 e. The number of guanidine groups is 1. The molecule has 0 atom stereocenters. The summed E-state index contributed by atoms with van der Waals surface area (Å²) in [6, 6.07) is 10.6. The molecule has 0 unspecified atom stereocenters. The van der Waals surface area contributed by atoms with Crippen LogP contribution in [-0.4, -0.2) is 56.5 Å². The molecule has 0 spiro atoms. The minimum Gasteiger partial charge on any atom is -0.356 e. The van der Waals surface area contributed by atoms with Crippen LogP contribution in [0.2, 0.25) is 0 Å². The van der Waals surface area contributed by atoms with E-state index in [1.54, 1.807) is 0 Å². The Balaban J connectivity index is 0.00000484. The average Bonchev–Trinajstić information content (AvgIpc) is 2.53. The Morgan fingerprint density at radius 1 is 1.09 bits per heavy atom. The summed E-state index contributed by atoms with van der Waals surface area (Å²) in [5.74, 6) is 0.999. The lowest BCUT2D eigenvalue weighted by Gasteiger charge is -2.22. The van der Waals surface area contributed by atoms with Gasteiger partial charge in [-0.25, -0.2) is 0 Å². The Labute approximate surface area is 159 Å². The van der Waals surface area contributed by atoms with E-state index in [1.165, 1.54) is 18.4 Å². The highest BCUT2D eigenvalue weighted by molar-refractivity contribution is 14.0. The van der Waals surface area contributed by atoms with Gasteiger partial charge in [0.2, 0.25) is 0 Å². The number of hydrogen-bond acceptors (Lipinski definition) is 2. The highest BCUT2D eigenvalue weighted by atomic mass is 127. The molecule has 0 fully saturated rings. The Morgan fingerprint density at radius 3 is 2.39 bits per heavy atom. The largest absolute Gasteiger partial charge is 0.356 e. The summed E-state index contributed by atoms with van der Waals surface area (Å²) in [5, 5.41) is 3.45. The highest BCUT2D eigenvalue weighted by Crippen LogP contribution is 2.02. The summed E-state index contributed by atoms with van der Waals surface area (Å²) < 4.78 is 0. The molecular formula is C18H33IN4. The van der Waals surface area contributed by atoms with E-state index in [-0.39, 0.29) is 24.0 Å². The van der Waals surface area contributed by atoms with Gasteiger partial charge in [-0.2, -0.15) is 0 Å². The number of nitrogens with zero attached hydrogens (tertiary/aromatic N) is 3. The van der Waals surface area contributed by atoms with Crippen molar-refractivity contribution in [3.05, 3.63) is 35.9 Å². The second-order valence-electron chi connectivity index (χ2n) is 5.83. The van der Waals surface area contributed by atoms with E-state index in [9.17, 15) is 0 Å². The van der Waals surface area contributed by atoms with Gasteiger partial charge in [-0.15, -0.1) is 24.0 Å². The zero-order valence-corrected chi connectivity index (χ0v) is 17.4. The van der Waals surface area contributed by atoms with E-state index in [2.05, 4.69) is 71.5 Å². The Bertz CT molecular complexity index is 422. The summed E-state index contributed by atoms with van der Waals surface area (Å²) in [6.45, 7) is 6.32. The van der Waals surface area contributed by atoms with Crippen LogP contribution in [0.1, 0.15) is 31.7 Å². The topological polar surface area (TPSA) is 30.9 Å². The zero-order valence-electron chi connectivity index (χ0n) is 15.1. The van der Waals surface area contributed by atoms with Crippen LogP contribution in [0.4, 0.5) is 0 Å². The zero-order chi connectivity index (χ0) is 16.2. The van der Waals surface area contributed by atoms with Crippen molar-refractivity contribution >= 4 is 29.9 Å². The average molecular weight is 432 g/mol. The van der Waals surface area contributed by atoms with Gasteiger partial charge < -0.3 is 15.1 Å². The van der Waals surface area contributed by atoms with Gasteiger partial charge in [0.1, 0.15) is 0 Å². The summed E-state index contributed by atoms with van der Waals surface area (Å²) in [5.41, 5.74) is 1.37. The molecule has 0 aliphatic carbocycles. The highest BCUT2D eigenvalue weighted by Gasteiger charge is 2.05. The van der Waals surface area contributed by atoms with Crippen molar-refractivity contribution in [2.75, 3.05) is 40.8 Å². The summed E-state index contributed by atoms with van der Waals surface area (Å²) >= 11 is 0. The van der Waals surface area contributed by atoms with E-state index in [0.717, 1.165) is 38.6 Å². The molecule has 0 aliphatic rings. The van der Waals surface area contributed by atoms with Crippen molar-refractivity contribution in [1.29, 1.82) is 0 Å². The molecule has 0 heterocycles. The third-order valence-electron chi connectivity index (χ3n) is 3.72. The Hall–Kier alpha value is -0.820. The van der Waals surface area contributed by atoms with Crippen LogP contribution in [0.25, 0.3) is 0 Å². The first-order valence-electron chi connectivity index (χ1n) is 8.31. The standard InChI is InChI=1S/C18H32N4.HI/c1-5-6-15-22(4)18(19-2)20-13-10-14-21(3)16-17-11-8-7-9-12-17;/h7-9,11-12H,5-6,10,13-16H2,1-4H3,(H,19,20);1H. The number of rotatable bonds is 9. The number of aliphatic imine (C=N–C) groups is 1. The fourth-order valence-electron chi connectivity index (χ4n) is 2.41. The lowest BCUT2D eigenvalue weighted by molar-refractivity contribution is 0.321. The number of hydrogen-bond donors (Lipinski definition) is 1. The molecule has 1 aromatic rings. The first kappa shape index (κ1) is 22.2. The van der Waals surface area contributed by atoms with E-state index < -0.39 is 0 Å². The van der Waals surface area contributed by atoms with Gasteiger partial charge in [0.05, 0.1) is 0 Å². The van der Waals surface area contributed by atoms with Crippen molar-refractivity contribution in [2.45, 2.75) is 32.7 Å². The molecule has 0 aromatic heterocycles. The number of halogens is 1. The molecule has 0 radical (unpaired) electrons. The minimum atomic E-state index is 0. The molecule has 0 saturated carbocycles. The van der Waals surface area contributed by atoms with Crippen molar-refractivity contribution in [2.24, 2.45) is 4.99 Å². The molecule has 5 heteroatoms. The molecule has 132 valence electrons. The van der Waals surface area contributed by atoms with Gasteiger partial charge >= 0.3 is 0 Å². The molecule has 1 rings (SSSR count). The summed E-state index contributed by atoms with van der Waals surface area (Å²) in [6.07, 6.45) is 3.53. The molecule has 0 bridgehead atoms. The van der Waals surface area contributed by atoms with E-state index in [1.807, 2.05) is 7.05 Å². The van der Waals surface area contributed by atoms with Crippen molar-refractivity contribution < 1.29 is 0 Å². The maximum Gasteiger partial charge on any atom is 0.193 e. The third-order valence-corrected chi connectivity index (χ3v) is 3.72. The SMILES string of the molecule is CCCCN(C)C(=NC)NCCCN(C)Cc1ccccc1.I. The van der Waals surface area contributed by atoms with Crippen molar-refractivity contribution in [3.8, 4) is 0 Å². The van der Waals surface area contributed by atoms with Crippen LogP contribution in [0.5, 0.6) is 0 Å². The first-order chi connectivity index (χ1) is 10.7. The van der Waals surface area contributed by atoms with Gasteiger partial charge in [0.15, 0.2) is 5.96 Å². The number of benzene rings is 1. The maximum absolute atomic E-state index is 4.34. The first-order valence-corrected chi connectivity index (χ1v) is 8.31. The lowest BCUT2D eigenvalue weighted by Crippen LogP contribution is -2.40. The lowest BCUT2D eigenvalue weighted by atomic mass is 10.2. The monoisotopic (exact) mass is 432 g/mol. The van der Waals surface area contributed by atoms with Crippen LogP contribution < -0.4 is 5.32 Å². The minimum absolute atomic E-state index is 0. The van der Waals surface area contributed by atoms with Gasteiger partial charge in [0.25, 0.3) is 0 Å². The van der Waals surface area contributed by atoms with E-state index in [0.29, 0.717) is 0 Å². The van der Waals surface area contributed by atoms with Gasteiger partial charge in [0, 0.05) is 33.7 Å². The fourth-order valence-corrected chi connectivity index (χ4v) is 2.41. The summed E-state index contributed by atoms with van der Waals surface area (Å²) in [7, 11) is 6.13. The summed E-state index contributed by atoms with van der Waals surface area (Å²) in [4.78, 5) is 8.91. The van der Waals surface area contributed by atoms with Crippen LogP contribution in [0, 0.1) is 0 Å². The van der Waals surface area contributed by atoms with Crippen molar-refractivity contribution in [1.82, 2.24) is 15.1 Å². The Morgan fingerprint density at radius 2 is 1.78 bits per heavy atom.